The summed E-state index contributed by atoms with van der Waals surface area (Å²) in [5.74, 6) is 0.239. The van der Waals surface area contributed by atoms with Crippen LogP contribution in [-0.2, 0) is 50.5 Å². The first-order chi connectivity index (χ1) is 8.66. The van der Waals surface area contributed by atoms with Gasteiger partial charge in [0, 0.05) is 51.3 Å². The normalized spacial score (nSPS) is 9.79. The number of Topliss-reactive ketones (excluding diaryl/α,β-unsaturated/α-hetero) is 1. The molecule has 19 heavy (non-hydrogen) atoms. The second-order valence-electron chi connectivity index (χ2n) is 4.63. The average molecular weight is 329 g/mol. The Kier molecular flexibility index (Phi) is 6.54. The average Bonchev–Trinajstić information content (AvgIpc) is 2.35. The Morgan fingerprint density at radius 3 is 2.16 bits per heavy atom. The van der Waals surface area contributed by atoms with E-state index in [1.54, 1.807) is 0 Å². The maximum atomic E-state index is 12.1. The zero-order chi connectivity index (χ0) is 13.0. The number of aromatic nitrogens is 1. The Balaban J connectivity index is 0.00000180. The van der Waals surface area contributed by atoms with Gasteiger partial charge in [0.15, 0.2) is 12.4 Å². The number of rotatable bonds is 4. The van der Waals surface area contributed by atoms with E-state index >= 15 is 0 Å². The Morgan fingerprint density at radius 2 is 1.58 bits per heavy atom. The summed E-state index contributed by atoms with van der Waals surface area (Å²) in [6.07, 6.45) is 4.35. The van der Waals surface area contributed by atoms with Crippen LogP contribution >= 0.6 is 0 Å². The molecule has 2 aromatic rings. The van der Waals surface area contributed by atoms with Crippen molar-refractivity contribution in [3.05, 3.63) is 65.5 Å². The molecule has 0 fully saturated rings. The fourth-order valence-electron chi connectivity index (χ4n) is 2.12. The standard InChI is InChI=1S/C16H18NO.Y/c1-13-7-6-8-14(2)16(13)11-15(18)12-17-9-4-3-5-10-17;/h3-10H,11-12H2,1-2H3;/q+1;. The van der Waals surface area contributed by atoms with Crippen molar-refractivity contribution < 1.29 is 42.1 Å². The van der Waals surface area contributed by atoms with E-state index < -0.39 is 0 Å². The first-order valence-corrected chi connectivity index (χ1v) is 6.17. The zero-order valence-electron chi connectivity index (χ0n) is 11.5. The maximum absolute atomic E-state index is 12.1. The predicted molar refractivity (Wildman–Crippen MR) is 71.3 cm³/mol. The van der Waals surface area contributed by atoms with Gasteiger partial charge in [-0.3, -0.25) is 4.79 Å². The van der Waals surface area contributed by atoms with Gasteiger partial charge in [-0.2, -0.15) is 4.57 Å². The molecule has 0 bridgehead atoms. The number of nitrogens with zero attached hydrogens (tertiary/aromatic N) is 1. The largest absolute Gasteiger partial charge is 0.292 e. The molecule has 1 aromatic carbocycles. The smallest absolute Gasteiger partial charge is 0.206 e. The van der Waals surface area contributed by atoms with E-state index in [0.29, 0.717) is 13.0 Å². The van der Waals surface area contributed by atoms with Gasteiger partial charge in [-0.15, -0.1) is 0 Å². The minimum absolute atomic E-state index is 0. The predicted octanol–water partition coefficient (Wildman–Crippen LogP) is 2.40. The molecule has 0 aliphatic rings. The van der Waals surface area contributed by atoms with Crippen LogP contribution in [0.4, 0.5) is 0 Å². The zero-order valence-corrected chi connectivity index (χ0v) is 14.3. The number of hydrogen-bond acceptors (Lipinski definition) is 1. The molecule has 1 heterocycles. The minimum Gasteiger partial charge on any atom is -0.292 e. The number of carbonyl (C=O) groups excluding carboxylic acids is 1. The third-order valence-electron chi connectivity index (χ3n) is 3.15. The molecule has 0 atom stereocenters. The van der Waals surface area contributed by atoms with Crippen LogP contribution in [-0.4, -0.2) is 5.78 Å². The van der Waals surface area contributed by atoms with Gasteiger partial charge < -0.3 is 0 Å². The molecule has 0 aliphatic carbocycles. The van der Waals surface area contributed by atoms with Gasteiger partial charge >= 0.3 is 0 Å². The van der Waals surface area contributed by atoms with Crippen molar-refractivity contribution in [3.63, 3.8) is 0 Å². The van der Waals surface area contributed by atoms with Gasteiger partial charge in [0.2, 0.25) is 12.3 Å². The first kappa shape index (κ1) is 16.2. The topological polar surface area (TPSA) is 20.9 Å². The monoisotopic (exact) mass is 329 g/mol. The third kappa shape index (κ3) is 4.63. The van der Waals surface area contributed by atoms with Crippen molar-refractivity contribution in [1.29, 1.82) is 0 Å². The number of hydrogen-bond donors (Lipinski definition) is 0. The van der Waals surface area contributed by atoms with Crippen LogP contribution in [0.3, 0.4) is 0 Å². The van der Waals surface area contributed by atoms with Crippen LogP contribution in [0.5, 0.6) is 0 Å². The summed E-state index contributed by atoms with van der Waals surface area (Å²) in [6.45, 7) is 4.56. The van der Waals surface area contributed by atoms with Crippen LogP contribution in [0, 0.1) is 13.8 Å². The molecule has 95 valence electrons. The molecule has 2 rings (SSSR count). The van der Waals surface area contributed by atoms with Crippen molar-refractivity contribution >= 4 is 5.78 Å². The van der Waals surface area contributed by atoms with E-state index in [1.807, 2.05) is 41.2 Å². The van der Waals surface area contributed by atoms with Crippen LogP contribution in [0.15, 0.2) is 48.8 Å². The van der Waals surface area contributed by atoms with Crippen LogP contribution in [0.25, 0.3) is 0 Å². The summed E-state index contributed by atoms with van der Waals surface area (Å²) in [6, 6.07) is 12.0. The number of ketones is 1. The molecule has 0 amide bonds. The quantitative estimate of drug-likeness (QED) is 0.789. The molecule has 1 aromatic heterocycles. The number of carbonyl (C=O) groups is 1. The van der Waals surface area contributed by atoms with Gasteiger partial charge in [-0.05, 0) is 30.5 Å². The Labute approximate surface area is 139 Å². The summed E-state index contributed by atoms with van der Waals surface area (Å²) in [5.41, 5.74) is 3.56. The van der Waals surface area contributed by atoms with Crippen molar-refractivity contribution in [3.8, 4) is 0 Å². The van der Waals surface area contributed by atoms with Crippen LogP contribution in [0.2, 0.25) is 0 Å². The van der Waals surface area contributed by atoms with E-state index in [2.05, 4.69) is 26.0 Å². The second-order valence-corrected chi connectivity index (χ2v) is 4.63. The summed E-state index contributed by atoms with van der Waals surface area (Å²) in [5, 5.41) is 0. The van der Waals surface area contributed by atoms with Gasteiger partial charge in [0.1, 0.15) is 0 Å². The number of pyridine rings is 1. The summed E-state index contributed by atoms with van der Waals surface area (Å²) >= 11 is 0. The summed E-state index contributed by atoms with van der Waals surface area (Å²) < 4.78 is 1.91. The Hall–Kier alpha value is -0.856. The molecular weight excluding hydrogens is 311 g/mol. The minimum atomic E-state index is 0. The van der Waals surface area contributed by atoms with Gasteiger partial charge in [0.05, 0.1) is 0 Å². The molecule has 2 nitrogen and oxygen atoms in total. The van der Waals surface area contributed by atoms with E-state index in [1.165, 1.54) is 16.7 Å². The van der Waals surface area contributed by atoms with Crippen molar-refractivity contribution in [2.24, 2.45) is 0 Å². The van der Waals surface area contributed by atoms with Gasteiger partial charge in [-0.25, -0.2) is 0 Å². The number of benzene rings is 1. The van der Waals surface area contributed by atoms with Gasteiger partial charge in [-0.1, -0.05) is 24.3 Å². The van der Waals surface area contributed by atoms with E-state index in [0.717, 1.165) is 0 Å². The molecular formula is C16H18NOY+. The van der Waals surface area contributed by atoms with Crippen molar-refractivity contribution in [1.82, 2.24) is 0 Å². The first-order valence-electron chi connectivity index (χ1n) is 6.17. The molecule has 0 spiro atoms. The molecule has 3 heteroatoms. The number of aryl methyl sites for hydroxylation is 2. The fraction of sp³-hybridized carbons (Fsp3) is 0.250. The fourth-order valence-corrected chi connectivity index (χ4v) is 2.12. The molecule has 1 radical (unpaired) electrons. The maximum Gasteiger partial charge on any atom is 0.206 e. The van der Waals surface area contributed by atoms with Crippen molar-refractivity contribution in [2.45, 2.75) is 26.8 Å². The SMILES string of the molecule is Cc1cccc(C)c1CC(=O)C[n+]1ccccc1.[Y]. The van der Waals surface area contributed by atoms with E-state index in [4.69, 9.17) is 0 Å². The molecule has 0 saturated heterocycles. The van der Waals surface area contributed by atoms with Crippen LogP contribution < -0.4 is 4.57 Å². The van der Waals surface area contributed by atoms with Gasteiger partial charge in [0.25, 0.3) is 0 Å². The summed E-state index contributed by atoms with van der Waals surface area (Å²) in [7, 11) is 0. The Morgan fingerprint density at radius 1 is 1.00 bits per heavy atom. The van der Waals surface area contributed by atoms with Crippen molar-refractivity contribution in [2.75, 3.05) is 0 Å². The Bertz CT molecular complexity index is 532. The molecule has 0 unspecified atom stereocenters. The van der Waals surface area contributed by atoms with Crippen LogP contribution in [0.1, 0.15) is 16.7 Å². The third-order valence-corrected chi connectivity index (χ3v) is 3.15. The van der Waals surface area contributed by atoms with E-state index in [9.17, 15) is 4.79 Å². The van der Waals surface area contributed by atoms with E-state index in [-0.39, 0.29) is 38.5 Å². The summed E-state index contributed by atoms with van der Waals surface area (Å²) in [4.78, 5) is 12.1. The second kappa shape index (κ2) is 7.66. The molecule has 0 saturated carbocycles. The molecule has 0 N–H and O–H groups in total. The molecule has 0 aliphatic heterocycles.